The molecule has 1 rings (SSSR count). The third kappa shape index (κ3) is 2.77. The Morgan fingerprint density at radius 3 is 2.85 bits per heavy atom. The Bertz CT molecular complexity index is 358. The highest BCUT2D eigenvalue weighted by Crippen LogP contribution is 2.21. The van der Waals surface area contributed by atoms with Crippen LogP contribution in [0.15, 0.2) is 28.7 Å². The highest BCUT2D eigenvalue weighted by Gasteiger charge is 2.01. The van der Waals surface area contributed by atoms with Gasteiger partial charge in [0.05, 0.1) is 4.47 Å². The Kier molecular flexibility index (Phi) is 3.37. The van der Waals surface area contributed by atoms with E-state index in [2.05, 4.69) is 15.9 Å². The summed E-state index contributed by atoms with van der Waals surface area (Å²) in [6, 6.07) is 4.68. The van der Waals surface area contributed by atoms with Crippen molar-refractivity contribution in [1.29, 1.82) is 0 Å². The molecule has 3 heteroatoms. The maximum absolute atomic E-state index is 12.9. The monoisotopic (exact) mass is 242 g/mol. The van der Waals surface area contributed by atoms with Crippen LogP contribution in [-0.4, -0.2) is 5.78 Å². The molecule has 0 aliphatic carbocycles. The van der Waals surface area contributed by atoms with E-state index >= 15 is 0 Å². The molecule has 0 saturated heterocycles. The van der Waals surface area contributed by atoms with Gasteiger partial charge in [-0.1, -0.05) is 18.2 Å². The minimum absolute atomic E-state index is 0.0591. The van der Waals surface area contributed by atoms with E-state index in [-0.39, 0.29) is 11.6 Å². The predicted molar refractivity (Wildman–Crippen MR) is 53.8 cm³/mol. The molecular formula is C10H8BrFO. The van der Waals surface area contributed by atoms with Crippen molar-refractivity contribution in [3.63, 3.8) is 0 Å². The number of halogens is 2. The van der Waals surface area contributed by atoms with Crippen molar-refractivity contribution in [2.24, 2.45) is 0 Å². The molecule has 13 heavy (non-hydrogen) atoms. The fourth-order valence-electron chi connectivity index (χ4n) is 0.856. The molecule has 0 aliphatic rings. The minimum Gasteiger partial charge on any atom is -0.295 e. The fraction of sp³-hybridized carbons (Fsp3) is 0.100. The highest BCUT2D eigenvalue weighted by atomic mass is 79.9. The van der Waals surface area contributed by atoms with Crippen LogP contribution in [0, 0.1) is 5.82 Å². The largest absolute Gasteiger partial charge is 0.295 e. The number of ketones is 1. The summed E-state index contributed by atoms with van der Waals surface area (Å²) in [5, 5.41) is 0. The summed E-state index contributed by atoms with van der Waals surface area (Å²) >= 11 is 3.09. The Balaban J connectivity index is 3.02. The molecule has 0 bridgehead atoms. The van der Waals surface area contributed by atoms with Crippen LogP contribution in [0.5, 0.6) is 0 Å². The number of hydrogen-bond donors (Lipinski definition) is 0. The Morgan fingerprint density at radius 2 is 2.23 bits per heavy atom. The molecule has 0 spiro atoms. The van der Waals surface area contributed by atoms with Crippen molar-refractivity contribution >= 4 is 27.8 Å². The van der Waals surface area contributed by atoms with Gasteiger partial charge in [-0.3, -0.25) is 4.79 Å². The average Bonchev–Trinajstić information content (AvgIpc) is 2.07. The molecule has 0 atom stereocenters. The SMILES string of the molecule is CC(=O)/C=C/c1cccc(F)c1Br. The molecule has 1 nitrogen and oxygen atoms in total. The lowest BCUT2D eigenvalue weighted by Gasteiger charge is -1.98. The first-order valence-corrected chi connectivity index (χ1v) is 4.53. The van der Waals surface area contributed by atoms with E-state index in [0.29, 0.717) is 10.0 Å². The normalized spacial score (nSPS) is 10.7. The zero-order valence-corrected chi connectivity index (χ0v) is 8.64. The third-order valence-corrected chi connectivity index (χ3v) is 2.32. The maximum atomic E-state index is 12.9. The van der Waals surface area contributed by atoms with Crippen LogP contribution in [0.25, 0.3) is 6.08 Å². The lowest BCUT2D eigenvalue weighted by atomic mass is 10.2. The van der Waals surface area contributed by atoms with Crippen LogP contribution in [-0.2, 0) is 4.79 Å². The van der Waals surface area contributed by atoms with E-state index in [1.807, 2.05) is 0 Å². The van der Waals surface area contributed by atoms with Crippen molar-refractivity contribution in [2.45, 2.75) is 6.92 Å². The van der Waals surface area contributed by atoms with Gasteiger partial charge in [0.1, 0.15) is 5.82 Å². The molecule has 1 aromatic rings. The van der Waals surface area contributed by atoms with E-state index in [0.717, 1.165) is 0 Å². The Labute approximate surface area is 84.4 Å². The van der Waals surface area contributed by atoms with Gasteiger partial charge in [-0.25, -0.2) is 4.39 Å². The lowest BCUT2D eigenvalue weighted by molar-refractivity contribution is -0.112. The van der Waals surface area contributed by atoms with E-state index in [1.54, 1.807) is 18.2 Å². The first kappa shape index (κ1) is 10.1. The summed E-state index contributed by atoms with van der Waals surface area (Å²) in [7, 11) is 0. The summed E-state index contributed by atoms with van der Waals surface area (Å²) in [4.78, 5) is 10.6. The third-order valence-electron chi connectivity index (χ3n) is 1.48. The number of benzene rings is 1. The number of carbonyl (C=O) groups is 1. The lowest BCUT2D eigenvalue weighted by Crippen LogP contribution is -1.83. The second-order valence-electron chi connectivity index (χ2n) is 2.59. The van der Waals surface area contributed by atoms with Gasteiger partial charge in [-0.15, -0.1) is 0 Å². The van der Waals surface area contributed by atoms with Gasteiger partial charge in [0.2, 0.25) is 0 Å². The molecule has 1 aromatic carbocycles. The zero-order valence-electron chi connectivity index (χ0n) is 7.05. The summed E-state index contributed by atoms with van der Waals surface area (Å²) in [6.45, 7) is 1.45. The topological polar surface area (TPSA) is 17.1 Å². The van der Waals surface area contributed by atoms with Crippen LogP contribution < -0.4 is 0 Å². The van der Waals surface area contributed by atoms with Gasteiger partial charge in [0.15, 0.2) is 5.78 Å². The smallest absolute Gasteiger partial charge is 0.152 e. The van der Waals surface area contributed by atoms with Crippen LogP contribution in [0.3, 0.4) is 0 Å². The van der Waals surface area contributed by atoms with Gasteiger partial charge in [-0.05, 0) is 40.6 Å². The van der Waals surface area contributed by atoms with E-state index in [9.17, 15) is 9.18 Å². The molecule has 0 aliphatic heterocycles. The molecule has 68 valence electrons. The molecule has 0 heterocycles. The summed E-state index contributed by atoms with van der Waals surface area (Å²) in [5.41, 5.74) is 0.662. The van der Waals surface area contributed by atoms with E-state index < -0.39 is 0 Å². The van der Waals surface area contributed by atoms with Crippen molar-refractivity contribution < 1.29 is 9.18 Å². The first-order chi connectivity index (χ1) is 6.11. The molecule has 0 aromatic heterocycles. The Morgan fingerprint density at radius 1 is 1.54 bits per heavy atom. The van der Waals surface area contributed by atoms with Gasteiger partial charge in [-0.2, -0.15) is 0 Å². The molecule has 0 saturated carbocycles. The fourth-order valence-corrected chi connectivity index (χ4v) is 1.25. The van der Waals surface area contributed by atoms with Crippen LogP contribution >= 0.6 is 15.9 Å². The average molecular weight is 243 g/mol. The first-order valence-electron chi connectivity index (χ1n) is 3.74. The van der Waals surface area contributed by atoms with Crippen molar-refractivity contribution in [3.05, 3.63) is 40.1 Å². The number of hydrogen-bond acceptors (Lipinski definition) is 1. The van der Waals surface area contributed by atoms with Crippen LogP contribution in [0.1, 0.15) is 12.5 Å². The standard InChI is InChI=1S/C10H8BrFO/c1-7(13)5-6-8-3-2-4-9(12)10(8)11/h2-6H,1H3/b6-5+. The number of rotatable bonds is 2. The van der Waals surface area contributed by atoms with Gasteiger partial charge in [0.25, 0.3) is 0 Å². The molecule has 0 N–H and O–H groups in total. The maximum Gasteiger partial charge on any atom is 0.152 e. The number of allylic oxidation sites excluding steroid dienone is 1. The van der Waals surface area contributed by atoms with Gasteiger partial charge < -0.3 is 0 Å². The van der Waals surface area contributed by atoms with E-state index in [4.69, 9.17) is 0 Å². The zero-order chi connectivity index (χ0) is 9.84. The van der Waals surface area contributed by atoms with Gasteiger partial charge >= 0.3 is 0 Å². The molecule has 0 fully saturated rings. The van der Waals surface area contributed by atoms with Crippen LogP contribution in [0.2, 0.25) is 0 Å². The quantitative estimate of drug-likeness (QED) is 0.729. The second kappa shape index (κ2) is 4.33. The van der Waals surface area contributed by atoms with Crippen molar-refractivity contribution in [3.8, 4) is 0 Å². The highest BCUT2D eigenvalue weighted by molar-refractivity contribution is 9.10. The summed E-state index contributed by atoms with van der Waals surface area (Å²) in [6.07, 6.45) is 2.98. The van der Waals surface area contributed by atoms with Crippen molar-refractivity contribution in [2.75, 3.05) is 0 Å². The molecule has 0 radical (unpaired) electrons. The van der Waals surface area contributed by atoms with Gasteiger partial charge in [0, 0.05) is 0 Å². The van der Waals surface area contributed by atoms with Crippen LogP contribution in [0.4, 0.5) is 4.39 Å². The molecule has 0 amide bonds. The summed E-state index contributed by atoms with van der Waals surface area (Å²) in [5.74, 6) is -0.387. The predicted octanol–water partition coefficient (Wildman–Crippen LogP) is 3.19. The minimum atomic E-state index is -0.328. The Hall–Kier alpha value is -0.960. The molecular weight excluding hydrogens is 235 g/mol. The van der Waals surface area contributed by atoms with E-state index in [1.165, 1.54) is 19.1 Å². The summed E-state index contributed by atoms with van der Waals surface area (Å²) < 4.78 is 13.3. The van der Waals surface area contributed by atoms with Crippen molar-refractivity contribution in [1.82, 2.24) is 0 Å². The second-order valence-corrected chi connectivity index (χ2v) is 3.38. The number of carbonyl (C=O) groups excluding carboxylic acids is 1. The molecule has 0 unspecified atom stereocenters.